The molecule has 4 rings (SSSR count). The average Bonchev–Trinajstić information content (AvgIpc) is 3.28. The van der Waals surface area contributed by atoms with Gasteiger partial charge in [-0.05, 0) is 48.0 Å². The molecule has 0 N–H and O–H groups in total. The van der Waals surface area contributed by atoms with Crippen molar-refractivity contribution in [3.05, 3.63) is 83.9 Å². The van der Waals surface area contributed by atoms with Crippen LogP contribution in [0.5, 0.6) is 11.5 Å². The number of benzene rings is 3. The highest BCUT2D eigenvalue weighted by atomic mass is 19.4. The Bertz CT molecular complexity index is 1170. The normalized spacial score (nSPS) is 11.4. The molecule has 0 saturated heterocycles. The van der Waals surface area contributed by atoms with E-state index in [2.05, 4.69) is 10.2 Å². The number of hydrogen-bond donors (Lipinski definition) is 0. The van der Waals surface area contributed by atoms with Gasteiger partial charge in [-0.25, -0.2) is 0 Å². The van der Waals surface area contributed by atoms with E-state index in [4.69, 9.17) is 13.9 Å². The second kappa shape index (κ2) is 8.51. The van der Waals surface area contributed by atoms with Crippen LogP contribution in [0.4, 0.5) is 13.2 Å². The zero-order valence-corrected chi connectivity index (χ0v) is 16.4. The Hall–Kier alpha value is -3.81. The molecule has 0 aliphatic heterocycles. The third-order valence-corrected chi connectivity index (χ3v) is 4.51. The van der Waals surface area contributed by atoms with Gasteiger partial charge in [-0.15, -0.1) is 10.2 Å². The van der Waals surface area contributed by atoms with E-state index in [1.54, 1.807) is 25.3 Å². The van der Waals surface area contributed by atoms with Crippen LogP contribution in [0, 0.1) is 0 Å². The Labute approximate surface area is 176 Å². The Morgan fingerprint density at radius 3 is 2.19 bits per heavy atom. The van der Waals surface area contributed by atoms with Crippen molar-refractivity contribution < 1.29 is 27.1 Å². The fraction of sp³-hybridized carbons (Fsp3) is 0.130. The van der Waals surface area contributed by atoms with Gasteiger partial charge in [0.2, 0.25) is 11.8 Å². The minimum atomic E-state index is -4.44. The lowest BCUT2D eigenvalue weighted by Crippen LogP contribution is -2.04. The Morgan fingerprint density at radius 2 is 1.48 bits per heavy atom. The molecular weight excluding hydrogens is 409 g/mol. The zero-order chi connectivity index (χ0) is 21.8. The first-order valence-corrected chi connectivity index (χ1v) is 9.30. The molecule has 0 bridgehead atoms. The molecular formula is C23H17F3N2O3. The van der Waals surface area contributed by atoms with Crippen LogP contribution < -0.4 is 9.47 Å². The van der Waals surface area contributed by atoms with Crippen molar-refractivity contribution in [2.75, 3.05) is 7.11 Å². The van der Waals surface area contributed by atoms with Crippen molar-refractivity contribution in [2.45, 2.75) is 12.8 Å². The summed E-state index contributed by atoms with van der Waals surface area (Å²) in [6.45, 7) is 0.354. The van der Waals surface area contributed by atoms with Crippen LogP contribution in [-0.2, 0) is 12.8 Å². The van der Waals surface area contributed by atoms with Gasteiger partial charge in [0.25, 0.3) is 0 Å². The van der Waals surface area contributed by atoms with Crippen molar-refractivity contribution in [2.24, 2.45) is 0 Å². The lowest BCUT2D eigenvalue weighted by molar-refractivity contribution is -0.137. The van der Waals surface area contributed by atoms with Crippen molar-refractivity contribution in [1.82, 2.24) is 10.2 Å². The van der Waals surface area contributed by atoms with Gasteiger partial charge in [-0.3, -0.25) is 0 Å². The number of alkyl halides is 3. The summed E-state index contributed by atoms with van der Waals surface area (Å²) in [5, 5.41) is 7.83. The number of nitrogens with zero attached hydrogens (tertiary/aromatic N) is 2. The monoisotopic (exact) mass is 426 g/mol. The molecule has 0 aliphatic carbocycles. The predicted octanol–water partition coefficient (Wildman–Crippen LogP) is 6.01. The molecule has 0 saturated carbocycles. The first-order chi connectivity index (χ1) is 14.9. The third kappa shape index (κ3) is 4.85. The standard InChI is InChI=1S/C23H17F3N2O3/c1-29-19-6-3-7-20(13-19)30-14-15-8-10-16(11-9-15)21-27-28-22(31-21)17-4-2-5-18(12-17)23(24,25)26/h2-13H,14H2,1H3. The minimum absolute atomic E-state index is 0.0199. The summed E-state index contributed by atoms with van der Waals surface area (Å²) in [5.41, 5.74) is 1.00. The van der Waals surface area contributed by atoms with Crippen LogP contribution in [0.25, 0.3) is 22.9 Å². The van der Waals surface area contributed by atoms with E-state index in [0.29, 0.717) is 23.7 Å². The SMILES string of the molecule is COc1cccc(OCc2ccc(-c3nnc(-c4cccc(C(F)(F)F)c4)o3)cc2)c1. The molecule has 0 aliphatic rings. The van der Waals surface area contributed by atoms with Gasteiger partial charge >= 0.3 is 6.18 Å². The summed E-state index contributed by atoms with van der Waals surface area (Å²) in [7, 11) is 1.59. The van der Waals surface area contributed by atoms with Crippen molar-refractivity contribution in [3.63, 3.8) is 0 Å². The van der Waals surface area contributed by atoms with E-state index in [1.165, 1.54) is 12.1 Å². The summed E-state index contributed by atoms with van der Waals surface area (Å²) in [6, 6.07) is 19.4. The number of ether oxygens (including phenoxy) is 2. The van der Waals surface area contributed by atoms with Crippen LogP contribution in [0.2, 0.25) is 0 Å². The maximum Gasteiger partial charge on any atom is 0.416 e. The van der Waals surface area contributed by atoms with E-state index in [9.17, 15) is 13.2 Å². The van der Waals surface area contributed by atoms with Crippen LogP contribution in [-0.4, -0.2) is 17.3 Å². The van der Waals surface area contributed by atoms with Gasteiger partial charge in [0, 0.05) is 17.2 Å². The van der Waals surface area contributed by atoms with Crippen molar-refractivity contribution in [1.29, 1.82) is 0 Å². The Kier molecular flexibility index (Phi) is 5.62. The molecule has 0 unspecified atom stereocenters. The number of aromatic nitrogens is 2. The van der Waals surface area contributed by atoms with Crippen LogP contribution in [0.3, 0.4) is 0 Å². The predicted molar refractivity (Wildman–Crippen MR) is 107 cm³/mol. The summed E-state index contributed by atoms with van der Waals surface area (Å²) in [4.78, 5) is 0. The first-order valence-electron chi connectivity index (χ1n) is 9.30. The molecule has 4 aromatic rings. The fourth-order valence-corrected chi connectivity index (χ4v) is 2.89. The van der Waals surface area contributed by atoms with Gasteiger partial charge in [-0.1, -0.05) is 24.3 Å². The number of rotatable bonds is 6. The highest BCUT2D eigenvalue weighted by Crippen LogP contribution is 2.32. The van der Waals surface area contributed by atoms with Gasteiger partial charge in [0.1, 0.15) is 18.1 Å². The topological polar surface area (TPSA) is 57.4 Å². The summed E-state index contributed by atoms with van der Waals surface area (Å²) < 4.78 is 55.3. The number of halogens is 3. The maximum absolute atomic E-state index is 12.9. The number of hydrogen-bond acceptors (Lipinski definition) is 5. The van der Waals surface area contributed by atoms with E-state index >= 15 is 0 Å². The second-order valence-electron chi connectivity index (χ2n) is 6.66. The van der Waals surface area contributed by atoms with Gasteiger partial charge in [0.05, 0.1) is 12.7 Å². The summed E-state index contributed by atoms with van der Waals surface area (Å²) in [5.74, 6) is 1.63. The molecule has 8 heteroatoms. The Morgan fingerprint density at radius 1 is 0.806 bits per heavy atom. The smallest absolute Gasteiger partial charge is 0.416 e. The lowest BCUT2D eigenvalue weighted by atomic mass is 10.1. The summed E-state index contributed by atoms with van der Waals surface area (Å²) >= 11 is 0. The average molecular weight is 426 g/mol. The molecule has 1 heterocycles. The van der Waals surface area contributed by atoms with Gasteiger partial charge in [-0.2, -0.15) is 13.2 Å². The molecule has 0 radical (unpaired) electrons. The van der Waals surface area contributed by atoms with Crippen LogP contribution >= 0.6 is 0 Å². The quantitative estimate of drug-likeness (QED) is 0.378. The first kappa shape index (κ1) is 20.5. The fourth-order valence-electron chi connectivity index (χ4n) is 2.89. The lowest BCUT2D eigenvalue weighted by Gasteiger charge is -2.08. The largest absolute Gasteiger partial charge is 0.497 e. The van der Waals surface area contributed by atoms with E-state index in [0.717, 1.165) is 17.7 Å². The Balaban J connectivity index is 1.46. The maximum atomic E-state index is 12.9. The van der Waals surface area contributed by atoms with Crippen LogP contribution in [0.15, 0.2) is 77.2 Å². The van der Waals surface area contributed by atoms with Gasteiger partial charge < -0.3 is 13.9 Å². The third-order valence-electron chi connectivity index (χ3n) is 4.51. The number of methoxy groups -OCH3 is 1. The molecule has 5 nitrogen and oxygen atoms in total. The molecule has 1 aromatic heterocycles. The van der Waals surface area contributed by atoms with Gasteiger partial charge in [0.15, 0.2) is 0 Å². The van der Waals surface area contributed by atoms with Crippen molar-refractivity contribution >= 4 is 0 Å². The highest BCUT2D eigenvalue weighted by Gasteiger charge is 2.30. The van der Waals surface area contributed by atoms with Crippen molar-refractivity contribution in [3.8, 4) is 34.4 Å². The second-order valence-corrected chi connectivity index (χ2v) is 6.66. The molecule has 31 heavy (non-hydrogen) atoms. The molecule has 0 spiro atoms. The molecule has 0 fully saturated rings. The minimum Gasteiger partial charge on any atom is -0.497 e. The summed E-state index contributed by atoms with van der Waals surface area (Å²) in [6.07, 6.45) is -4.44. The highest BCUT2D eigenvalue weighted by molar-refractivity contribution is 5.59. The molecule has 3 aromatic carbocycles. The van der Waals surface area contributed by atoms with E-state index in [1.807, 2.05) is 30.3 Å². The van der Waals surface area contributed by atoms with E-state index in [-0.39, 0.29) is 17.3 Å². The zero-order valence-electron chi connectivity index (χ0n) is 16.4. The molecule has 0 amide bonds. The van der Waals surface area contributed by atoms with Crippen LogP contribution in [0.1, 0.15) is 11.1 Å². The molecule has 0 atom stereocenters. The van der Waals surface area contributed by atoms with E-state index < -0.39 is 11.7 Å². The molecule has 158 valence electrons.